The van der Waals surface area contributed by atoms with Gasteiger partial charge in [-0.3, -0.25) is 9.59 Å². The number of ether oxygens (including phenoxy) is 1. The van der Waals surface area contributed by atoms with Crippen LogP contribution in [-0.4, -0.2) is 77.4 Å². The van der Waals surface area contributed by atoms with E-state index in [-0.39, 0.29) is 51.9 Å². The van der Waals surface area contributed by atoms with Gasteiger partial charge in [0.05, 0.1) is 52.6 Å². The van der Waals surface area contributed by atoms with Gasteiger partial charge in [0.1, 0.15) is 0 Å². The van der Waals surface area contributed by atoms with Gasteiger partial charge in [0.2, 0.25) is 11.5 Å². The lowest BCUT2D eigenvalue weighted by Gasteiger charge is -2.19. The maximum Gasteiger partial charge on any atom is 0.435 e. The van der Waals surface area contributed by atoms with Crippen molar-refractivity contribution in [2.45, 2.75) is 44.0 Å². The molecular formula is C33H32F3N7O8S. The molecule has 1 N–H and O–H groups in total. The number of amides is 3. The number of hydrazine groups is 1. The maximum atomic E-state index is 13.5. The lowest BCUT2D eigenvalue weighted by Crippen LogP contribution is -2.39. The van der Waals surface area contributed by atoms with Gasteiger partial charge in [0.15, 0.2) is 5.69 Å². The molecule has 0 spiro atoms. The Morgan fingerprint density at radius 3 is 2.23 bits per heavy atom. The molecule has 52 heavy (non-hydrogen) atoms. The molecule has 0 fully saturated rings. The van der Waals surface area contributed by atoms with Crippen molar-refractivity contribution in [2.75, 3.05) is 20.2 Å². The highest BCUT2D eigenvalue weighted by Gasteiger charge is 2.40. The van der Waals surface area contributed by atoms with Crippen LogP contribution >= 0.6 is 0 Å². The van der Waals surface area contributed by atoms with Crippen molar-refractivity contribution in [3.8, 4) is 16.9 Å². The molecule has 5 rings (SSSR count). The third-order valence-corrected chi connectivity index (χ3v) is 9.14. The Bertz CT molecular complexity index is 2070. The predicted octanol–water partition coefficient (Wildman–Crippen LogP) is 5.44. The van der Waals surface area contributed by atoms with Gasteiger partial charge in [0, 0.05) is 5.56 Å². The standard InChI is InChI=1S/C33H32F3N7O8S/c1-21-10-12-23(13-11-21)28-20-29(33(34,35)36)37-42(28)24-14-16-25(17-15-24)52(48,49)38-32(46)50-19-7-6-18-40(3)43(47)39-51-22(2)41-30(44)26-8-4-5-9-27(26)31(41)45/h4-5,8-17,20,22H,6-7,18-19H2,1-3H3,(H,38,46)/b43-39-. The number of imide groups is 1. The van der Waals surface area contributed by atoms with Crippen LogP contribution in [0.2, 0.25) is 0 Å². The number of rotatable bonds is 13. The summed E-state index contributed by atoms with van der Waals surface area (Å²) in [5.74, 6) is -1.15. The number of aryl methyl sites for hydroxylation is 1. The third kappa shape index (κ3) is 8.31. The van der Waals surface area contributed by atoms with Crippen LogP contribution in [0.15, 0.2) is 89.0 Å². The molecule has 3 amide bonds. The Kier molecular flexibility index (Phi) is 10.8. The molecule has 0 saturated heterocycles. The average Bonchev–Trinajstić information content (AvgIpc) is 3.67. The number of nitrogens with one attached hydrogen (secondary N) is 1. The van der Waals surface area contributed by atoms with Crippen LogP contribution in [0, 0.1) is 12.1 Å². The highest BCUT2D eigenvalue weighted by atomic mass is 32.2. The number of unbranched alkanes of at least 4 members (excludes halogenated alkanes) is 1. The van der Waals surface area contributed by atoms with Crippen LogP contribution in [0.3, 0.4) is 0 Å². The molecule has 0 aliphatic carbocycles. The topological polar surface area (TPSA) is 179 Å². The quantitative estimate of drug-likeness (QED) is 0.0609. The molecule has 4 aromatic rings. The van der Waals surface area contributed by atoms with E-state index in [0.717, 1.165) is 38.4 Å². The SMILES string of the molecule is Cc1ccc(-c2cc(C(F)(F)F)nn2-c2ccc(S(=O)(=O)NC(=O)OCCCCN(C)/[N+]([O-])=N/OC(C)N3C(=O)c4ccccc4C3=O)cc2)cc1. The highest BCUT2D eigenvalue weighted by molar-refractivity contribution is 7.90. The summed E-state index contributed by atoms with van der Waals surface area (Å²) in [7, 11) is -3.02. The molecule has 1 atom stereocenters. The van der Waals surface area contributed by atoms with Gasteiger partial charge >= 0.3 is 12.3 Å². The van der Waals surface area contributed by atoms with E-state index in [1.54, 1.807) is 41.1 Å². The maximum absolute atomic E-state index is 13.5. The number of halogens is 3. The molecule has 2 heterocycles. The van der Waals surface area contributed by atoms with Gasteiger partial charge in [-0.05, 0) is 69.2 Å². The van der Waals surface area contributed by atoms with Crippen LogP contribution in [0.25, 0.3) is 16.9 Å². The van der Waals surface area contributed by atoms with E-state index in [0.29, 0.717) is 12.0 Å². The summed E-state index contributed by atoms with van der Waals surface area (Å²) in [5, 5.41) is 20.5. The molecule has 15 nitrogen and oxygen atoms in total. The van der Waals surface area contributed by atoms with Gasteiger partial charge in [-0.25, -0.2) is 27.5 Å². The molecule has 19 heteroatoms. The van der Waals surface area contributed by atoms with Gasteiger partial charge < -0.3 is 14.8 Å². The number of nitrogens with zero attached hydrogens (tertiary/aromatic N) is 6. The molecule has 0 bridgehead atoms. The van der Waals surface area contributed by atoms with E-state index in [1.165, 1.54) is 38.2 Å². The first-order valence-electron chi connectivity index (χ1n) is 15.6. The van der Waals surface area contributed by atoms with Crippen LogP contribution < -0.4 is 4.72 Å². The van der Waals surface area contributed by atoms with Crippen molar-refractivity contribution in [3.05, 3.63) is 106 Å². The van der Waals surface area contributed by atoms with Gasteiger partial charge in [-0.15, -0.1) is 5.01 Å². The number of sulfonamides is 1. The molecule has 274 valence electrons. The van der Waals surface area contributed by atoms with Gasteiger partial charge in [-0.1, -0.05) is 42.0 Å². The highest BCUT2D eigenvalue weighted by Crippen LogP contribution is 2.33. The number of alkyl halides is 3. The first-order chi connectivity index (χ1) is 24.6. The molecule has 0 radical (unpaired) electrons. The van der Waals surface area contributed by atoms with E-state index in [2.05, 4.69) is 10.4 Å². The smallest absolute Gasteiger partial charge is 0.435 e. The summed E-state index contributed by atoms with van der Waals surface area (Å²) >= 11 is 0. The van der Waals surface area contributed by atoms with Crippen molar-refractivity contribution in [3.63, 3.8) is 0 Å². The Balaban J connectivity index is 1.09. The van der Waals surface area contributed by atoms with Crippen molar-refractivity contribution < 1.29 is 50.5 Å². The van der Waals surface area contributed by atoms with E-state index >= 15 is 0 Å². The summed E-state index contributed by atoms with van der Waals surface area (Å²) in [6, 6.07) is 18.6. The van der Waals surface area contributed by atoms with Crippen LogP contribution in [0.5, 0.6) is 0 Å². The van der Waals surface area contributed by atoms with Gasteiger partial charge in [0.25, 0.3) is 21.8 Å². The summed E-state index contributed by atoms with van der Waals surface area (Å²) < 4.78 is 73.9. The lowest BCUT2D eigenvalue weighted by atomic mass is 10.1. The Hall–Kier alpha value is -5.98. The molecular weight excluding hydrogens is 711 g/mol. The summed E-state index contributed by atoms with van der Waals surface area (Å²) in [6.45, 7) is 3.12. The fourth-order valence-corrected chi connectivity index (χ4v) is 5.95. The molecule has 1 unspecified atom stereocenters. The monoisotopic (exact) mass is 743 g/mol. The third-order valence-electron chi connectivity index (χ3n) is 7.82. The molecule has 1 aliphatic rings. The van der Waals surface area contributed by atoms with Crippen LogP contribution in [-0.2, 0) is 25.8 Å². The van der Waals surface area contributed by atoms with Gasteiger partial charge in [-0.2, -0.15) is 18.3 Å². The normalized spacial score (nSPS) is 13.9. The zero-order valence-electron chi connectivity index (χ0n) is 27.9. The second-order valence-electron chi connectivity index (χ2n) is 11.6. The lowest BCUT2D eigenvalue weighted by molar-refractivity contribution is -0.707. The van der Waals surface area contributed by atoms with Crippen LogP contribution in [0.4, 0.5) is 18.0 Å². The number of carbonyl (C=O) groups excluding carboxylic acids is 3. The number of benzene rings is 3. The number of carbonyl (C=O) groups is 3. The van der Waals surface area contributed by atoms with E-state index in [1.807, 2.05) is 6.92 Å². The predicted molar refractivity (Wildman–Crippen MR) is 176 cm³/mol. The average molecular weight is 744 g/mol. The minimum absolute atomic E-state index is 0.111. The Labute approximate surface area is 295 Å². The first kappa shape index (κ1) is 37.3. The summed E-state index contributed by atoms with van der Waals surface area (Å²) in [5.41, 5.74) is 0.949. The van der Waals surface area contributed by atoms with E-state index < -0.39 is 46.0 Å². The molecule has 3 aromatic carbocycles. The fourth-order valence-electron chi connectivity index (χ4n) is 5.06. The molecule has 0 saturated carbocycles. The van der Waals surface area contributed by atoms with Crippen molar-refractivity contribution >= 4 is 27.9 Å². The first-order valence-corrected chi connectivity index (χ1v) is 17.1. The number of hydrogen-bond donors (Lipinski definition) is 1. The van der Waals surface area contributed by atoms with E-state index in [9.17, 15) is 41.2 Å². The number of fused-ring (bicyclic) bond motifs is 1. The second kappa shape index (κ2) is 15.1. The summed E-state index contributed by atoms with van der Waals surface area (Å²) in [6.07, 6.45) is -6.63. The van der Waals surface area contributed by atoms with Crippen LogP contribution in [0.1, 0.15) is 51.7 Å². The zero-order valence-corrected chi connectivity index (χ0v) is 28.7. The number of aromatic nitrogens is 2. The Morgan fingerprint density at radius 2 is 1.63 bits per heavy atom. The summed E-state index contributed by atoms with van der Waals surface area (Å²) in [4.78, 5) is 43.0. The number of hydrogen-bond acceptors (Lipinski definition) is 10. The molecule has 1 aromatic heterocycles. The second-order valence-corrected chi connectivity index (χ2v) is 13.3. The molecule has 1 aliphatic heterocycles. The minimum Gasteiger partial charge on any atom is -0.569 e. The largest absolute Gasteiger partial charge is 0.569 e. The minimum atomic E-state index is -4.72. The van der Waals surface area contributed by atoms with E-state index in [4.69, 9.17) is 9.57 Å². The Morgan fingerprint density at radius 1 is 1.02 bits per heavy atom. The zero-order chi connectivity index (χ0) is 37.8. The fraction of sp³-hybridized carbons (Fsp3) is 0.273. The van der Waals surface area contributed by atoms with Crippen molar-refractivity contribution in [1.82, 2.24) is 24.4 Å². The van der Waals surface area contributed by atoms with Crippen molar-refractivity contribution in [1.29, 1.82) is 0 Å². The van der Waals surface area contributed by atoms with Crippen molar-refractivity contribution in [2.24, 2.45) is 5.28 Å².